The van der Waals surface area contributed by atoms with E-state index in [4.69, 9.17) is 5.73 Å². The molecule has 106 valence electrons. The van der Waals surface area contributed by atoms with E-state index in [0.717, 1.165) is 16.5 Å². The van der Waals surface area contributed by atoms with Crippen molar-refractivity contribution in [3.63, 3.8) is 0 Å². The van der Waals surface area contributed by atoms with Gasteiger partial charge in [0, 0.05) is 16.4 Å². The molecule has 0 aliphatic carbocycles. The fourth-order valence-electron chi connectivity index (χ4n) is 2.40. The third-order valence-electron chi connectivity index (χ3n) is 3.81. The standard InChI is InChI=1S/C17H20BrNO/c1-13-2-6-15(7-3-13)17(11-19,12-20)10-14-4-8-16(18)9-5-14/h2-9,20H,10-12,19H2,1H3. The molecular weight excluding hydrogens is 314 g/mol. The highest BCUT2D eigenvalue weighted by molar-refractivity contribution is 9.10. The maximum Gasteiger partial charge on any atom is 0.0543 e. The first kappa shape index (κ1) is 15.2. The molecule has 1 unspecified atom stereocenters. The van der Waals surface area contributed by atoms with Crippen molar-refractivity contribution in [2.45, 2.75) is 18.8 Å². The van der Waals surface area contributed by atoms with Crippen LogP contribution < -0.4 is 5.73 Å². The Labute approximate surface area is 128 Å². The molecule has 0 heterocycles. The summed E-state index contributed by atoms with van der Waals surface area (Å²) in [5.74, 6) is 0. The summed E-state index contributed by atoms with van der Waals surface area (Å²) >= 11 is 3.44. The number of aliphatic hydroxyl groups is 1. The molecule has 20 heavy (non-hydrogen) atoms. The summed E-state index contributed by atoms with van der Waals surface area (Å²) in [5.41, 5.74) is 9.06. The molecule has 0 fully saturated rings. The van der Waals surface area contributed by atoms with Gasteiger partial charge < -0.3 is 10.8 Å². The molecule has 0 bridgehead atoms. The fourth-order valence-corrected chi connectivity index (χ4v) is 2.67. The topological polar surface area (TPSA) is 46.2 Å². The first-order chi connectivity index (χ1) is 9.59. The highest BCUT2D eigenvalue weighted by Crippen LogP contribution is 2.28. The van der Waals surface area contributed by atoms with E-state index < -0.39 is 5.41 Å². The molecule has 0 spiro atoms. The monoisotopic (exact) mass is 333 g/mol. The maximum atomic E-state index is 9.93. The minimum Gasteiger partial charge on any atom is -0.395 e. The van der Waals surface area contributed by atoms with E-state index in [0.29, 0.717) is 6.54 Å². The van der Waals surface area contributed by atoms with Crippen molar-refractivity contribution >= 4 is 15.9 Å². The average molecular weight is 334 g/mol. The molecule has 3 heteroatoms. The highest BCUT2D eigenvalue weighted by Gasteiger charge is 2.30. The van der Waals surface area contributed by atoms with Crippen LogP contribution in [0.15, 0.2) is 53.0 Å². The molecule has 0 saturated carbocycles. The smallest absolute Gasteiger partial charge is 0.0543 e. The van der Waals surface area contributed by atoms with Gasteiger partial charge in [0.2, 0.25) is 0 Å². The van der Waals surface area contributed by atoms with Crippen LogP contribution in [0.25, 0.3) is 0 Å². The van der Waals surface area contributed by atoms with Gasteiger partial charge in [-0.1, -0.05) is 57.9 Å². The van der Waals surface area contributed by atoms with Crippen LogP contribution in [0, 0.1) is 6.92 Å². The Kier molecular flexibility index (Phi) is 4.97. The second-order valence-electron chi connectivity index (χ2n) is 5.31. The van der Waals surface area contributed by atoms with Crippen molar-refractivity contribution in [1.82, 2.24) is 0 Å². The van der Waals surface area contributed by atoms with Crippen LogP contribution in [0.1, 0.15) is 16.7 Å². The zero-order valence-corrected chi connectivity index (χ0v) is 13.2. The Morgan fingerprint density at radius 2 is 1.65 bits per heavy atom. The summed E-state index contributed by atoms with van der Waals surface area (Å²) in [7, 11) is 0. The zero-order valence-electron chi connectivity index (χ0n) is 11.6. The van der Waals surface area contributed by atoms with Gasteiger partial charge in [0.15, 0.2) is 0 Å². The predicted molar refractivity (Wildman–Crippen MR) is 86.8 cm³/mol. The number of hydrogen-bond donors (Lipinski definition) is 2. The molecule has 2 nitrogen and oxygen atoms in total. The molecule has 0 aromatic heterocycles. The van der Waals surface area contributed by atoms with E-state index in [-0.39, 0.29) is 6.61 Å². The van der Waals surface area contributed by atoms with Gasteiger partial charge in [0.1, 0.15) is 0 Å². The maximum absolute atomic E-state index is 9.93. The fraction of sp³-hybridized carbons (Fsp3) is 0.294. The van der Waals surface area contributed by atoms with Crippen LogP contribution in [0.5, 0.6) is 0 Å². The molecule has 0 radical (unpaired) electrons. The summed E-state index contributed by atoms with van der Waals surface area (Å²) in [6, 6.07) is 16.4. The van der Waals surface area contributed by atoms with Crippen molar-refractivity contribution in [3.05, 3.63) is 69.7 Å². The Bertz CT molecular complexity index is 544. The molecule has 0 amide bonds. The molecular formula is C17H20BrNO. The summed E-state index contributed by atoms with van der Waals surface area (Å²) in [6.45, 7) is 2.52. The Morgan fingerprint density at radius 3 is 2.15 bits per heavy atom. The van der Waals surface area contributed by atoms with Gasteiger partial charge in [-0.3, -0.25) is 0 Å². The van der Waals surface area contributed by atoms with Crippen molar-refractivity contribution in [2.24, 2.45) is 5.73 Å². The zero-order chi connectivity index (χ0) is 14.6. The third-order valence-corrected chi connectivity index (χ3v) is 4.34. The highest BCUT2D eigenvalue weighted by atomic mass is 79.9. The van der Waals surface area contributed by atoms with E-state index in [1.807, 2.05) is 12.1 Å². The molecule has 2 aromatic rings. The van der Waals surface area contributed by atoms with E-state index in [2.05, 4.69) is 59.3 Å². The van der Waals surface area contributed by atoms with Crippen LogP contribution in [-0.4, -0.2) is 18.3 Å². The van der Waals surface area contributed by atoms with E-state index in [9.17, 15) is 5.11 Å². The first-order valence-electron chi connectivity index (χ1n) is 6.72. The van der Waals surface area contributed by atoms with Gasteiger partial charge in [-0.15, -0.1) is 0 Å². The van der Waals surface area contributed by atoms with Gasteiger partial charge in [-0.25, -0.2) is 0 Å². The van der Waals surface area contributed by atoms with E-state index in [1.54, 1.807) is 0 Å². The Morgan fingerprint density at radius 1 is 1.05 bits per heavy atom. The lowest BCUT2D eigenvalue weighted by atomic mass is 9.76. The lowest BCUT2D eigenvalue weighted by molar-refractivity contribution is 0.196. The van der Waals surface area contributed by atoms with Crippen LogP contribution in [0.4, 0.5) is 0 Å². The molecule has 0 saturated heterocycles. The number of nitrogens with two attached hydrogens (primary N) is 1. The largest absolute Gasteiger partial charge is 0.395 e. The molecule has 0 aliphatic rings. The van der Waals surface area contributed by atoms with Gasteiger partial charge in [-0.2, -0.15) is 0 Å². The van der Waals surface area contributed by atoms with Gasteiger partial charge in [0.05, 0.1) is 6.61 Å². The van der Waals surface area contributed by atoms with E-state index in [1.165, 1.54) is 11.1 Å². The van der Waals surface area contributed by atoms with Gasteiger partial charge in [0.25, 0.3) is 0 Å². The Balaban J connectivity index is 2.33. The number of aryl methyl sites for hydroxylation is 1. The normalized spacial score (nSPS) is 14.0. The number of rotatable bonds is 5. The first-order valence-corrected chi connectivity index (χ1v) is 7.51. The predicted octanol–water partition coefficient (Wildman–Crippen LogP) is 3.19. The lowest BCUT2D eigenvalue weighted by Gasteiger charge is -2.31. The third kappa shape index (κ3) is 3.29. The van der Waals surface area contributed by atoms with Crippen molar-refractivity contribution in [2.75, 3.05) is 13.2 Å². The molecule has 1 atom stereocenters. The van der Waals surface area contributed by atoms with Crippen LogP contribution in [0.3, 0.4) is 0 Å². The van der Waals surface area contributed by atoms with Crippen molar-refractivity contribution < 1.29 is 5.11 Å². The second kappa shape index (κ2) is 6.53. The van der Waals surface area contributed by atoms with E-state index >= 15 is 0 Å². The summed E-state index contributed by atoms with van der Waals surface area (Å²) in [5, 5.41) is 9.93. The SMILES string of the molecule is Cc1ccc(C(CN)(CO)Cc2ccc(Br)cc2)cc1. The molecule has 3 N–H and O–H groups in total. The summed E-state index contributed by atoms with van der Waals surface area (Å²) in [4.78, 5) is 0. The minimum absolute atomic E-state index is 0.0443. The molecule has 2 aromatic carbocycles. The van der Waals surface area contributed by atoms with Crippen molar-refractivity contribution in [1.29, 1.82) is 0 Å². The summed E-state index contributed by atoms with van der Waals surface area (Å²) < 4.78 is 1.05. The molecule has 2 rings (SSSR count). The second-order valence-corrected chi connectivity index (χ2v) is 6.23. The Hall–Kier alpha value is -1.16. The average Bonchev–Trinajstić information content (AvgIpc) is 2.48. The van der Waals surface area contributed by atoms with Gasteiger partial charge >= 0.3 is 0 Å². The number of benzene rings is 2. The van der Waals surface area contributed by atoms with Crippen LogP contribution in [0.2, 0.25) is 0 Å². The lowest BCUT2D eigenvalue weighted by Crippen LogP contribution is -2.41. The van der Waals surface area contributed by atoms with Crippen LogP contribution >= 0.6 is 15.9 Å². The quantitative estimate of drug-likeness (QED) is 0.882. The summed E-state index contributed by atoms with van der Waals surface area (Å²) in [6.07, 6.45) is 0.732. The van der Waals surface area contributed by atoms with Crippen molar-refractivity contribution in [3.8, 4) is 0 Å². The number of hydrogen-bond acceptors (Lipinski definition) is 2. The number of halogens is 1. The van der Waals surface area contributed by atoms with Crippen LogP contribution in [-0.2, 0) is 11.8 Å². The minimum atomic E-state index is -0.415. The van der Waals surface area contributed by atoms with Gasteiger partial charge in [-0.05, 0) is 36.6 Å². The number of aliphatic hydroxyl groups excluding tert-OH is 1. The molecule has 0 aliphatic heterocycles.